The second-order valence-electron chi connectivity index (χ2n) is 3.26. The van der Waals surface area contributed by atoms with Crippen molar-refractivity contribution in [3.8, 4) is 0 Å². The quantitative estimate of drug-likeness (QED) is 0.517. The topological polar surface area (TPSA) is 9.23 Å². The van der Waals surface area contributed by atoms with E-state index >= 15 is 0 Å². The molecule has 0 aromatic carbocycles. The molecule has 0 saturated heterocycles. The zero-order valence-corrected chi connectivity index (χ0v) is 8.70. The molecule has 0 N–H and O–H groups in total. The van der Waals surface area contributed by atoms with Crippen molar-refractivity contribution in [3.63, 3.8) is 0 Å². The lowest BCUT2D eigenvalue weighted by atomic mass is 10.1. The Labute approximate surface area is 83.8 Å². The number of ether oxygens (including phenoxy) is 1. The molecule has 1 saturated carbocycles. The summed E-state index contributed by atoms with van der Waals surface area (Å²) in [5.41, 5.74) is 0. The molecule has 78 valence electrons. The van der Waals surface area contributed by atoms with Crippen LogP contribution in [0.5, 0.6) is 0 Å². The van der Waals surface area contributed by atoms with Crippen molar-refractivity contribution in [1.82, 2.24) is 0 Å². The largest absolute Gasteiger partial charge is 0.522 e. The molecular weight excluding hydrogens is 249 g/mol. The smallest absolute Gasteiger partial charge is 0.287 e. The highest BCUT2D eigenvalue weighted by atomic mass is 79.9. The van der Waals surface area contributed by atoms with Crippen LogP contribution in [0.25, 0.3) is 0 Å². The molecule has 0 amide bonds. The molecule has 1 nitrogen and oxygen atoms in total. The van der Waals surface area contributed by atoms with Gasteiger partial charge in [-0.15, -0.1) is 13.2 Å². The van der Waals surface area contributed by atoms with E-state index in [9.17, 15) is 13.2 Å². The highest BCUT2D eigenvalue weighted by Crippen LogP contribution is 2.30. The molecule has 0 aromatic heterocycles. The Morgan fingerprint density at radius 2 is 1.69 bits per heavy atom. The Kier molecular flexibility index (Phi) is 4.04. The fraction of sp³-hybridized carbons (Fsp3) is 1.00. The van der Waals surface area contributed by atoms with Crippen LogP contribution < -0.4 is 0 Å². The fourth-order valence-electron chi connectivity index (χ4n) is 1.53. The molecule has 0 spiro atoms. The molecule has 5 heteroatoms. The molecule has 1 fully saturated rings. The van der Waals surface area contributed by atoms with Crippen LogP contribution in [0.15, 0.2) is 0 Å². The van der Waals surface area contributed by atoms with Gasteiger partial charge in [-0.3, -0.25) is 4.74 Å². The highest BCUT2D eigenvalue weighted by Gasteiger charge is 2.36. The van der Waals surface area contributed by atoms with E-state index in [0.717, 1.165) is 25.7 Å². The number of hydrogen-bond donors (Lipinski definition) is 0. The lowest BCUT2D eigenvalue weighted by Crippen LogP contribution is -2.30. The Bertz CT molecular complexity index is 160. The average Bonchev–Trinajstić information content (AvgIpc) is 2.14. The zero-order valence-electron chi connectivity index (χ0n) is 7.11. The third-order valence-corrected chi connectivity index (χ3v) is 3.20. The van der Waals surface area contributed by atoms with Gasteiger partial charge in [0.1, 0.15) is 0 Å². The summed E-state index contributed by atoms with van der Waals surface area (Å²) in [6.45, 7) is 0. The van der Waals surface area contributed by atoms with Gasteiger partial charge in [-0.2, -0.15) is 0 Å². The van der Waals surface area contributed by atoms with E-state index in [0.29, 0.717) is 6.42 Å². The first-order valence-electron chi connectivity index (χ1n) is 4.37. The van der Waals surface area contributed by atoms with Crippen LogP contribution in [0.1, 0.15) is 32.1 Å². The van der Waals surface area contributed by atoms with Crippen molar-refractivity contribution in [2.24, 2.45) is 0 Å². The van der Waals surface area contributed by atoms with Crippen LogP contribution in [0, 0.1) is 0 Å². The summed E-state index contributed by atoms with van der Waals surface area (Å²) in [6, 6.07) is 0. The number of rotatable bonds is 1. The Hall–Kier alpha value is 0.230. The van der Waals surface area contributed by atoms with E-state index in [-0.39, 0.29) is 4.83 Å². The number of alkyl halides is 4. The van der Waals surface area contributed by atoms with Crippen LogP contribution >= 0.6 is 15.9 Å². The summed E-state index contributed by atoms with van der Waals surface area (Å²) >= 11 is 3.23. The minimum Gasteiger partial charge on any atom is -0.287 e. The SMILES string of the molecule is FC(F)(F)O[C@@H]1CCCCC[C@H]1Br. The molecule has 13 heavy (non-hydrogen) atoms. The third kappa shape index (κ3) is 4.31. The summed E-state index contributed by atoms with van der Waals surface area (Å²) in [5, 5.41) is 0. The maximum absolute atomic E-state index is 11.9. The Morgan fingerprint density at radius 1 is 1.08 bits per heavy atom. The van der Waals surface area contributed by atoms with Gasteiger partial charge in [-0.05, 0) is 12.8 Å². The molecule has 0 bridgehead atoms. The zero-order chi connectivity index (χ0) is 9.90. The van der Waals surface area contributed by atoms with Gasteiger partial charge >= 0.3 is 6.36 Å². The highest BCUT2D eigenvalue weighted by molar-refractivity contribution is 9.09. The summed E-state index contributed by atoms with van der Waals surface area (Å²) < 4.78 is 39.7. The minimum atomic E-state index is -4.50. The molecule has 0 heterocycles. The van der Waals surface area contributed by atoms with E-state index in [4.69, 9.17) is 0 Å². The molecule has 0 aromatic rings. The average molecular weight is 261 g/mol. The van der Waals surface area contributed by atoms with Gasteiger partial charge in [0.25, 0.3) is 0 Å². The van der Waals surface area contributed by atoms with Crippen LogP contribution in [-0.2, 0) is 4.74 Å². The summed E-state index contributed by atoms with van der Waals surface area (Å²) in [4.78, 5) is -0.156. The maximum atomic E-state index is 11.9. The summed E-state index contributed by atoms with van der Waals surface area (Å²) in [7, 11) is 0. The monoisotopic (exact) mass is 260 g/mol. The van der Waals surface area contributed by atoms with E-state index in [1.54, 1.807) is 0 Å². The van der Waals surface area contributed by atoms with Crippen molar-refractivity contribution in [2.75, 3.05) is 0 Å². The first kappa shape index (κ1) is 11.3. The Balaban J connectivity index is 2.45. The van der Waals surface area contributed by atoms with E-state index in [2.05, 4.69) is 20.7 Å². The summed E-state index contributed by atoms with van der Waals surface area (Å²) in [6.07, 6.45) is -1.14. The van der Waals surface area contributed by atoms with Gasteiger partial charge in [0.2, 0.25) is 0 Å². The second kappa shape index (κ2) is 4.64. The normalized spacial score (nSPS) is 31.4. The molecule has 0 unspecified atom stereocenters. The van der Waals surface area contributed by atoms with Gasteiger partial charge < -0.3 is 0 Å². The number of halogens is 4. The molecule has 1 aliphatic carbocycles. The van der Waals surface area contributed by atoms with Crippen LogP contribution in [-0.4, -0.2) is 17.3 Å². The molecule has 1 aliphatic rings. The molecule has 0 aliphatic heterocycles. The molecule has 1 rings (SSSR count). The van der Waals surface area contributed by atoms with Gasteiger partial charge in [0.05, 0.1) is 6.10 Å². The van der Waals surface area contributed by atoms with E-state index in [1.807, 2.05) is 0 Å². The van der Waals surface area contributed by atoms with Gasteiger partial charge in [0, 0.05) is 4.83 Å². The van der Waals surface area contributed by atoms with E-state index < -0.39 is 12.5 Å². The van der Waals surface area contributed by atoms with Gasteiger partial charge in [-0.25, -0.2) is 0 Å². The van der Waals surface area contributed by atoms with Crippen molar-refractivity contribution in [2.45, 2.75) is 49.4 Å². The second-order valence-corrected chi connectivity index (χ2v) is 4.43. The standard InChI is InChI=1S/C8H12BrF3O/c9-6-4-2-1-3-5-7(6)13-8(10,11)12/h6-7H,1-5H2/t6-,7-/m1/s1. The van der Waals surface area contributed by atoms with Crippen LogP contribution in [0.4, 0.5) is 13.2 Å². The molecule has 2 atom stereocenters. The predicted molar refractivity (Wildman–Crippen MR) is 46.7 cm³/mol. The van der Waals surface area contributed by atoms with Gasteiger partial charge in [-0.1, -0.05) is 35.2 Å². The maximum Gasteiger partial charge on any atom is 0.522 e. The van der Waals surface area contributed by atoms with Crippen molar-refractivity contribution >= 4 is 15.9 Å². The van der Waals surface area contributed by atoms with Crippen molar-refractivity contribution in [3.05, 3.63) is 0 Å². The third-order valence-electron chi connectivity index (χ3n) is 2.16. The van der Waals surface area contributed by atoms with Crippen molar-refractivity contribution < 1.29 is 17.9 Å². The minimum absolute atomic E-state index is 0.156. The lowest BCUT2D eigenvalue weighted by Gasteiger charge is -2.21. The lowest BCUT2D eigenvalue weighted by molar-refractivity contribution is -0.342. The van der Waals surface area contributed by atoms with Gasteiger partial charge in [0.15, 0.2) is 0 Å². The predicted octanol–water partition coefficient (Wildman–Crippen LogP) is 3.62. The first-order valence-corrected chi connectivity index (χ1v) is 5.29. The molecular formula is C8H12BrF3O. The summed E-state index contributed by atoms with van der Waals surface area (Å²) in [5.74, 6) is 0. The van der Waals surface area contributed by atoms with Crippen LogP contribution in [0.2, 0.25) is 0 Å². The van der Waals surface area contributed by atoms with E-state index in [1.165, 1.54) is 0 Å². The molecule has 0 radical (unpaired) electrons. The Morgan fingerprint density at radius 3 is 2.31 bits per heavy atom. The number of hydrogen-bond acceptors (Lipinski definition) is 1. The first-order chi connectivity index (χ1) is 5.99. The fourth-order valence-corrected chi connectivity index (χ4v) is 2.23. The van der Waals surface area contributed by atoms with Crippen molar-refractivity contribution in [1.29, 1.82) is 0 Å². The van der Waals surface area contributed by atoms with Crippen LogP contribution in [0.3, 0.4) is 0 Å².